The van der Waals surface area contributed by atoms with E-state index in [1.807, 2.05) is 5.38 Å². The van der Waals surface area contributed by atoms with E-state index in [1.54, 1.807) is 7.11 Å². The fraction of sp³-hybridized carbons (Fsp3) is 0.250. The lowest BCUT2D eigenvalue weighted by Gasteiger charge is -2.01. The maximum absolute atomic E-state index is 5.30. The van der Waals surface area contributed by atoms with Gasteiger partial charge in [-0.2, -0.15) is 0 Å². The fourth-order valence-corrected chi connectivity index (χ4v) is 2.17. The van der Waals surface area contributed by atoms with Crippen LogP contribution in [0.1, 0.15) is 5.56 Å². The summed E-state index contributed by atoms with van der Waals surface area (Å²) in [5.41, 5.74) is 5.86. The molecule has 0 atom stereocenters. The van der Waals surface area contributed by atoms with Crippen molar-refractivity contribution in [3.05, 3.63) is 35.2 Å². The first-order chi connectivity index (χ1) is 8.33. The Morgan fingerprint density at radius 1 is 1.35 bits per heavy atom. The number of nitrogen functional groups attached to an aromatic ring is 1. The van der Waals surface area contributed by atoms with Crippen molar-refractivity contribution in [2.24, 2.45) is 5.84 Å². The van der Waals surface area contributed by atoms with Gasteiger partial charge in [-0.15, -0.1) is 11.3 Å². The molecule has 0 fully saturated rings. The molecule has 4 nitrogen and oxygen atoms in total. The van der Waals surface area contributed by atoms with E-state index in [0.29, 0.717) is 0 Å². The summed E-state index contributed by atoms with van der Waals surface area (Å²) < 4.78 is 5.05. The van der Waals surface area contributed by atoms with Crippen molar-refractivity contribution >= 4 is 16.5 Å². The normalized spacial score (nSPS) is 10.5. The second-order valence-electron chi connectivity index (χ2n) is 3.62. The third-order valence-electron chi connectivity index (χ3n) is 2.47. The van der Waals surface area contributed by atoms with Crippen molar-refractivity contribution in [3.8, 4) is 11.3 Å². The zero-order chi connectivity index (χ0) is 12.1. The standard InChI is InChI=1S/C12H15N3OS/c1-16-7-6-9-2-4-10(5-3-9)11-8-17-12(14-11)15-13/h2-5,8H,6-7,13H2,1H3,(H,14,15). The average molecular weight is 249 g/mol. The maximum atomic E-state index is 5.30. The number of thiazole rings is 1. The minimum Gasteiger partial charge on any atom is -0.384 e. The van der Waals surface area contributed by atoms with Crippen LogP contribution in [0.15, 0.2) is 29.6 Å². The first-order valence-electron chi connectivity index (χ1n) is 5.34. The van der Waals surface area contributed by atoms with Gasteiger partial charge in [0.25, 0.3) is 0 Å². The molecule has 0 bridgehead atoms. The summed E-state index contributed by atoms with van der Waals surface area (Å²) in [6, 6.07) is 8.34. The summed E-state index contributed by atoms with van der Waals surface area (Å²) in [5, 5.41) is 2.71. The summed E-state index contributed by atoms with van der Waals surface area (Å²) in [6.45, 7) is 0.747. The number of nitrogens with two attached hydrogens (primary N) is 1. The third-order valence-corrected chi connectivity index (χ3v) is 3.25. The van der Waals surface area contributed by atoms with Gasteiger partial charge in [-0.1, -0.05) is 24.3 Å². The molecule has 0 aliphatic carbocycles. The number of benzene rings is 1. The molecule has 1 aromatic carbocycles. The van der Waals surface area contributed by atoms with Gasteiger partial charge in [0.15, 0.2) is 5.13 Å². The highest BCUT2D eigenvalue weighted by Crippen LogP contribution is 2.24. The topological polar surface area (TPSA) is 60.2 Å². The summed E-state index contributed by atoms with van der Waals surface area (Å²) in [5.74, 6) is 5.30. The van der Waals surface area contributed by atoms with E-state index in [9.17, 15) is 0 Å². The monoisotopic (exact) mass is 249 g/mol. The smallest absolute Gasteiger partial charge is 0.197 e. The van der Waals surface area contributed by atoms with Crippen molar-refractivity contribution in [1.29, 1.82) is 0 Å². The van der Waals surface area contributed by atoms with Gasteiger partial charge in [0.2, 0.25) is 0 Å². The molecular formula is C12H15N3OS. The molecule has 0 unspecified atom stereocenters. The van der Waals surface area contributed by atoms with Crippen LogP contribution in [0.3, 0.4) is 0 Å². The second-order valence-corrected chi connectivity index (χ2v) is 4.48. The predicted octanol–water partition coefficient (Wildman–Crippen LogP) is 2.28. The number of hydrogen-bond donors (Lipinski definition) is 2. The van der Waals surface area contributed by atoms with Crippen LogP contribution in [-0.4, -0.2) is 18.7 Å². The molecule has 90 valence electrons. The summed E-state index contributed by atoms with van der Waals surface area (Å²) in [6.07, 6.45) is 0.934. The Kier molecular flexibility index (Phi) is 4.08. The van der Waals surface area contributed by atoms with E-state index in [-0.39, 0.29) is 0 Å². The molecule has 2 aromatic rings. The molecule has 0 aliphatic rings. The highest BCUT2D eigenvalue weighted by Gasteiger charge is 2.03. The van der Waals surface area contributed by atoms with Crippen LogP contribution in [0.5, 0.6) is 0 Å². The Morgan fingerprint density at radius 3 is 2.71 bits per heavy atom. The predicted molar refractivity (Wildman–Crippen MR) is 70.9 cm³/mol. The van der Waals surface area contributed by atoms with Crippen molar-refractivity contribution in [2.45, 2.75) is 6.42 Å². The summed E-state index contributed by atoms with van der Waals surface area (Å²) in [4.78, 5) is 4.35. The van der Waals surface area contributed by atoms with E-state index < -0.39 is 0 Å². The zero-order valence-corrected chi connectivity index (χ0v) is 10.5. The SMILES string of the molecule is COCCc1ccc(-c2csc(NN)n2)cc1. The van der Waals surface area contributed by atoms with Gasteiger partial charge in [-0.3, -0.25) is 5.43 Å². The average Bonchev–Trinajstić information content (AvgIpc) is 2.86. The Bertz CT molecular complexity index is 467. The van der Waals surface area contributed by atoms with Gasteiger partial charge in [0.05, 0.1) is 12.3 Å². The van der Waals surface area contributed by atoms with Crippen LogP contribution < -0.4 is 11.3 Å². The molecular weight excluding hydrogens is 234 g/mol. The van der Waals surface area contributed by atoms with E-state index in [0.717, 1.165) is 29.4 Å². The molecule has 0 spiro atoms. The largest absolute Gasteiger partial charge is 0.384 e. The molecule has 1 heterocycles. The lowest BCUT2D eigenvalue weighted by molar-refractivity contribution is 0.202. The van der Waals surface area contributed by atoms with Crippen LogP contribution in [-0.2, 0) is 11.2 Å². The number of rotatable bonds is 5. The Hall–Kier alpha value is -1.43. The van der Waals surface area contributed by atoms with Crippen LogP contribution >= 0.6 is 11.3 Å². The quantitative estimate of drug-likeness (QED) is 0.630. The van der Waals surface area contributed by atoms with Crippen LogP contribution in [0.2, 0.25) is 0 Å². The van der Waals surface area contributed by atoms with E-state index in [4.69, 9.17) is 10.6 Å². The van der Waals surface area contributed by atoms with Crippen molar-refractivity contribution in [1.82, 2.24) is 4.98 Å². The van der Waals surface area contributed by atoms with Crippen LogP contribution in [0.4, 0.5) is 5.13 Å². The van der Waals surface area contributed by atoms with Gasteiger partial charge in [-0.25, -0.2) is 10.8 Å². The highest BCUT2D eigenvalue weighted by molar-refractivity contribution is 7.14. The highest BCUT2D eigenvalue weighted by atomic mass is 32.1. The lowest BCUT2D eigenvalue weighted by atomic mass is 10.1. The molecule has 0 radical (unpaired) electrons. The Labute approximate surface area is 104 Å². The van der Waals surface area contributed by atoms with Gasteiger partial charge >= 0.3 is 0 Å². The van der Waals surface area contributed by atoms with Gasteiger partial charge < -0.3 is 4.74 Å². The zero-order valence-electron chi connectivity index (χ0n) is 9.64. The molecule has 0 saturated carbocycles. The molecule has 17 heavy (non-hydrogen) atoms. The minimum atomic E-state index is 0.725. The van der Waals surface area contributed by atoms with Gasteiger partial charge in [0.1, 0.15) is 0 Å². The molecule has 1 aromatic heterocycles. The second kappa shape index (κ2) is 5.77. The Balaban J connectivity index is 2.11. The number of nitrogens with zero attached hydrogens (tertiary/aromatic N) is 1. The lowest BCUT2D eigenvalue weighted by Crippen LogP contribution is -2.05. The van der Waals surface area contributed by atoms with Crippen molar-refractivity contribution in [3.63, 3.8) is 0 Å². The van der Waals surface area contributed by atoms with E-state index in [2.05, 4.69) is 34.7 Å². The first kappa shape index (κ1) is 12.0. The summed E-state index contributed by atoms with van der Waals surface area (Å²) in [7, 11) is 1.71. The van der Waals surface area contributed by atoms with Gasteiger partial charge in [0, 0.05) is 18.1 Å². The Morgan fingerprint density at radius 2 is 2.12 bits per heavy atom. The maximum Gasteiger partial charge on any atom is 0.197 e. The number of hydrazine groups is 1. The number of ether oxygens (including phenoxy) is 1. The third kappa shape index (κ3) is 3.03. The first-order valence-corrected chi connectivity index (χ1v) is 6.22. The van der Waals surface area contributed by atoms with E-state index in [1.165, 1.54) is 16.9 Å². The molecule has 0 amide bonds. The number of methoxy groups -OCH3 is 1. The molecule has 2 rings (SSSR count). The molecule has 5 heteroatoms. The number of nitrogens with one attached hydrogen (secondary N) is 1. The van der Waals surface area contributed by atoms with Crippen LogP contribution in [0, 0.1) is 0 Å². The number of hydrogen-bond acceptors (Lipinski definition) is 5. The summed E-state index contributed by atoms with van der Waals surface area (Å²) >= 11 is 1.50. The van der Waals surface area contributed by atoms with Crippen LogP contribution in [0.25, 0.3) is 11.3 Å². The fourth-order valence-electron chi connectivity index (χ4n) is 1.53. The molecule has 0 aliphatic heterocycles. The number of anilines is 1. The molecule has 3 N–H and O–H groups in total. The van der Waals surface area contributed by atoms with Crippen molar-refractivity contribution < 1.29 is 4.74 Å². The molecule has 0 saturated heterocycles. The van der Waals surface area contributed by atoms with E-state index >= 15 is 0 Å². The number of aromatic nitrogens is 1. The van der Waals surface area contributed by atoms with Gasteiger partial charge in [-0.05, 0) is 12.0 Å². The van der Waals surface area contributed by atoms with Crippen molar-refractivity contribution in [2.75, 3.05) is 19.1 Å². The minimum absolute atomic E-state index is 0.725.